The number of anilines is 1. The Labute approximate surface area is 153 Å². The zero-order valence-corrected chi connectivity index (χ0v) is 15.3. The van der Waals surface area contributed by atoms with Gasteiger partial charge in [-0.25, -0.2) is 0 Å². The highest BCUT2D eigenvalue weighted by molar-refractivity contribution is 7.99. The summed E-state index contributed by atoms with van der Waals surface area (Å²) in [5.74, 6) is 0.198. The van der Waals surface area contributed by atoms with Crippen LogP contribution in [-0.4, -0.2) is 11.7 Å². The van der Waals surface area contributed by atoms with E-state index in [1.165, 1.54) is 17.8 Å². The molecule has 7 heteroatoms. The number of rotatable bonds is 5. The summed E-state index contributed by atoms with van der Waals surface area (Å²) in [6, 6.07) is 8.79. The quantitative estimate of drug-likeness (QED) is 0.697. The van der Waals surface area contributed by atoms with Crippen molar-refractivity contribution in [2.45, 2.75) is 25.8 Å². The SMILES string of the molecule is Cc1cc(C)c(NC(=O)CSCc2cccc(C(F)(F)F)c2)c(Cl)c1. The van der Waals surface area contributed by atoms with Crippen molar-refractivity contribution in [2.75, 3.05) is 11.1 Å². The predicted molar refractivity (Wildman–Crippen MR) is 97.2 cm³/mol. The van der Waals surface area contributed by atoms with E-state index in [4.69, 9.17) is 11.6 Å². The average molecular weight is 388 g/mol. The number of nitrogens with one attached hydrogen (secondary N) is 1. The fraction of sp³-hybridized carbons (Fsp3) is 0.278. The molecule has 0 aliphatic carbocycles. The molecule has 0 radical (unpaired) electrons. The number of amides is 1. The summed E-state index contributed by atoms with van der Waals surface area (Å²) in [4.78, 5) is 12.0. The molecule has 0 unspecified atom stereocenters. The molecular weight excluding hydrogens is 371 g/mol. The molecule has 1 N–H and O–H groups in total. The van der Waals surface area contributed by atoms with Crippen LogP contribution in [0.25, 0.3) is 0 Å². The van der Waals surface area contributed by atoms with E-state index in [-0.39, 0.29) is 11.7 Å². The van der Waals surface area contributed by atoms with E-state index in [2.05, 4.69) is 5.32 Å². The summed E-state index contributed by atoms with van der Waals surface area (Å²) >= 11 is 7.39. The summed E-state index contributed by atoms with van der Waals surface area (Å²) in [6.45, 7) is 3.76. The molecular formula is C18H17ClF3NOS. The molecule has 2 aromatic rings. The van der Waals surface area contributed by atoms with Crippen molar-refractivity contribution < 1.29 is 18.0 Å². The highest BCUT2D eigenvalue weighted by Crippen LogP contribution is 2.30. The second kappa shape index (κ2) is 8.15. The van der Waals surface area contributed by atoms with Crippen molar-refractivity contribution >= 4 is 35.0 Å². The second-order valence-electron chi connectivity index (χ2n) is 5.68. The van der Waals surface area contributed by atoms with Crippen molar-refractivity contribution in [3.8, 4) is 0 Å². The van der Waals surface area contributed by atoms with Gasteiger partial charge in [-0.1, -0.05) is 35.9 Å². The first kappa shape index (κ1) is 19.7. The van der Waals surface area contributed by atoms with Gasteiger partial charge in [-0.05, 0) is 42.7 Å². The molecule has 0 bridgehead atoms. The Hall–Kier alpha value is -1.66. The van der Waals surface area contributed by atoms with Gasteiger partial charge < -0.3 is 5.32 Å². The first-order valence-electron chi connectivity index (χ1n) is 7.47. The number of benzene rings is 2. The Balaban J connectivity index is 1.91. The minimum absolute atomic E-state index is 0.125. The maximum atomic E-state index is 12.7. The second-order valence-corrected chi connectivity index (χ2v) is 7.07. The van der Waals surface area contributed by atoms with Gasteiger partial charge in [-0.2, -0.15) is 13.2 Å². The van der Waals surface area contributed by atoms with Crippen LogP contribution in [0.4, 0.5) is 18.9 Å². The highest BCUT2D eigenvalue weighted by atomic mass is 35.5. The predicted octanol–water partition coefficient (Wildman–Crippen LogP) is 5.85. The van der Waals surface area contributed by atoms with Crippen LogP contribution in [0.1, 0.15) is 22.3 Å². The number of thioether (sulfide) groups is 1. The number of halogens is 4. The molecule has 134 valence electrons. The molecule has 1 amide bonds. The summed E-state index contributed by atoms with van der Waals surface area (Å²) in [7, 11) is 0. The van der Waals surface area contributed by atoms with Gasteiger partial charge in [-0.15, -0.1) is 11.8 Å². The molecule has 2 rings (SSSR count). The third-order valence-corrected chi connectivity index (χ3v) is 4.75. The molecule has 0 aliphatic rings. The lowest BCUT2D eigenvalue weighted by Crippen LogP contribution is -2.15. The van der Waals surface area contributed by atoms with Gasteiger partial charge in [0.15, 0.2) is 0 Å². The Morgan fingerprint density at radius 2 is 1.92 bits per heavy atom. The zero-order valence-electron chi connectivity index (χ0n) is 13.7. The van der Waals surface area contributed by atoms with Crippen LogP contribution in [-0.2, 0) is 16.7 Å². The van der Waals surface area contributed by atoms with Gasteiger partial charge in [0, 0.05) is 5.75 Å². The minimum Gasteiger partial charge on any atom is -0.324 e. The molecule has 0 spiro atoms. The molecule has 2 nitrogen and oxygen atoms in total. The Bertz CT molecular complexity index is 754. The highest BCUT2D eigenvalue weighted by Gasteiger charge is 2.30. The lowest BCUT2D eigenvalue weighted by molar-refractivity contribution is -0.137. The lowest BCUT2D eigenvalue weighted by Gasteiger charge is -2.12. The number of hydrogen-bond donors (Lipinski definition) is 1. The summed E-state index contributed by atoms with van der Waals surface area (Å²) in [5, 5.41) is 3.22. The van der Waals surface area contributed by atoms with E-state index in [0.717, 1.165) is 23.3 Å². The maximum absolute atomic E-state index is 12.7. The van der Waals surface area contributed by atoms with Crippen LogP contribution in [0.2, 0.25) is 5.02 Å². The van der Waals surface area contributed by atoms with Crippen molar-refractivity contribution in [2.24, 2.45) is 0 Å². The number of alkyl halides is 3. The molecule has 2 aromatic carbocycles. The van der Waals surface area contributed by atoms with E-state index < -0.39 is 11.7 Å². The molecule has 0 fully saturated rings. The van der Waals surface area contributed by atoms with Crippen LogP contribution in [0, 0.1) is 13.8 Å². The van der Waals surface area contributed by atoms with E-state index >= 15 is 0 Å². The van der Waals surface area contributed by atoms with Gasteiger partial charge in [0.05, 0.1) is 22.0 Å². The van der Waals surface area contributed by atoms with Crippen LogP contribution in [0.3, 0.4) is 0 Å². The third kappa shape index (κ3) is 5.68. The molecule has 0 saturated carbocycles. The maximum Gasteiger partial charge on any atom is 0.416 e. The molecule has 0 aromatic heterocycles. The molecule has 25 heavy (non-hydrogen) atoms. The van der Waals surface area contributed by atoms with Crippen molar-refractivity contribution in [1.82, 2.24) is 0 Å². The molecule has 0 aliphatic heterocycles. The van der Waals surface area contributed by atoms with Crippen molar-refractivity contribution in [1.29, 1.82) is 0 Å². The van der Waals surface area contributed by atoms with Crippen LogP contribution in [0.5, 0.6) is 0 Å². The summed E-state index contributed by atoms with van der Waals surface area (Å²) in [5.41, 5.74) is 2.27. The summed E-state index contributed by atoms with van der Waals surface area (Å²) in [6.07, 6.45) is -4.36. The Morgan fingerprint density at radius 3 is 2.56 bits per heavy atom. The Kier molecular flexibility index (Phi) is 6.41. The zero-order chi connectivity index (χ0) is 18.6. The normalized spacial score (nSPS) is 11.4. The smallest absolute Gasteiger partial charge is 0.324 e. The third-order valence-electron chi connectivity index (χ3n) is 3.45. The first-order valence-corrected chi connectivity index (χ1v) is 9.00. The minimum atomic E-state index is -4.36. The van der Waals surface area contributed by atoms with E-state index in [1.807, 2.05) is 19.9 Å². The first-order chi connectivity index (χ1) is 11.7. The van der Waals surface area contributed by atoms with Crippen LogP contribution in [0.15, 0.2) is 36.4 Å². The summed E-state index contributed by atoms with van der Waals surface area (Å²) < 4.78 is 38.0. The largest absolute Gasteiger partial charge is 0.416 e. The van der Waals surface area contributed by atoms with E-state index in [0.29, 0.717) is 22.0 Å². The van der Waals surface area contributed by atoms with Crippen LogP contribution >= 0.6 is 23.4 Å². The van der Waals surface area contributed by atoms with Gasteiger partial charge in [-0.3, -0.25) is 4.79 Å². The van der Waals surface area contributed by atoms with Gasteiger partial charge in [0.2, 0.25) is 5.91 Å². The van der Waals surface area contributed by atoms with E-state index in [9.17, 15) is 18.0 Å². The lowest BCUT2D eigenvalue weighted by atomic mass is 10.1. The van der Waals surface area contributed by atoms with Gasteiger partial charge in [0.1, 0.15) is 0 Å². The molecule has 0 saturated heterocycles. The van der Waals surface area contributed by atoms with Crippen molar-refractivity contribution in [3.63, 3.8) is 0 Å². The Morgan fingerprint density at radius 1 is 1.20 bits per heavy atom. The van der Waals surface area contributed by atoms with E-state index in [1.54, 1.807) is 12.1 Å². The average Bonchev–Trinajstić information content (AvgIpc) is 2.50. The fourth-order valence-electron chi connectivity index (χ4n) is 2.35. The van der Waals surface area contributed by atoms with Gasteiger partial charge >= 0.3 is 6.18 Å². The monoisotopic (exact) mass is 387 g/mol. The number of aryl methyl sites for hydroxylation is 2. The number of hydrogen-bond acceptors (Lipinski definition) is 2. The number of carbonyl (C=O) groups excluding carboxylic acids is 1. The standard InChI is InChI=1S/C18H17ClF3NOS/c1-11-6-12(2)17(15(19)7-11)23-16(24)10-25-9-13-4-3-5-14(8-13)18(20,21)22/h3-8H,9-10H2,1-2H3,(H,23,24). The molecule has 0 heterocycles. The van der Waals surface area contributed by atoms with Crippen LogP contribution < -0.4 is 5.32 Å². The van der Waals surface area contributed by atoms with Gasteiger partial charge in [0.25, 0.3) is 0 Å². The van der Waals surface area contributed by atoms with Crippen molar-refractivity contribution in [3.05, 3.63) is 63.7 Å². The number of carbonyl (C=O) groups is 1. The molecule has 0 atom stereocenters. The fourth-order valence-corrected chi connectivity index (χ4v) is 3.49. The topological polar surface area (TPSA) is 29.1 Å².